The van der Waals surface area contributed by atoms with Crippen LogP contribution in [0.2, 0.25) is 0 Å². The Hall–Kier alpha value is -0.540. The predicted octanol–water partition coefficient (Wildman–Crippen LogP) is 0.786. The molecule has 0 fully saturated rings. The summed E-state index contributed by atoms with van der Waals surface area (Å²) in [5.41, 5.74) is 5.34. The fourth-order valence-electron chi connectivity index (χ4n) is 0.408. The Morgan fingerprint density at radius 1 is 1.80 bits per heavy atom. The van der Waals surface area contributed by atoms with Crippen molar-refractivity contribution >= 4 is 18.4 Å². The van der Waals surface area contributed by atoms with E-state index >= 15 is 0 Å². The van der Waals surface area contributed by atoms with Crippen LogP contribution in [0.15, 0.2) is 12.7 Å². The van der Waals surface area contributed by atoms with Crippen molar-refractivity contribution in [2.75, 3.05) is 0 Å². The molecule has 0 saturated carbocycles. The molecule has 10 heavy (non-hydrogen) atoms. The molecule has 0 bridgehead atoms. The Morgan fingerprint density at radius 2 is 2.30 bits per heavy atom. The number of carboxylic acid groups (broad SMARTS) is 1. The van der Waals surface area contributed by atoms with E-state index in [9.17, 15) is 4.79 Å². The average molecular weight is 166 g/mol. The van der Waals surface area contributed by atoms with Gasteiger partial charge in [0.15, 0.2) is 0 Å². The highest BCUT2D eigenvalue weighted by Gasteiger charge is 1.99. The minimum Gasteiger partial charge on any atom is -0.481 e. The molecule has 0 rings (SSSR count). The third-order valence-electron chi connectivity index (χ3n) is 0.994. The van der Waals surface area contributed by atoms with Crippen LogP contribution in [0.4, 0.5) is 0 Å². The van der Waals surface area contributed by atoms with E-state index in [0.29, 0.717) is 6.42 Å². The molecule has 0 aromatic carbocycles. The lowest BCUT2D eigenvalue weighted by Crippen LogP contribution is -2.17. The first kappa shape index (κ1) is 12.2. The van der Waals surface area contributed by atoms with Crippen molar-refractivity contribution < 1.29 is 9.90 Å². The largest absolute Gasteiger partial charge is 0.481 e. The molecular formula is C6H12ClNO2. The molecule has 0 aromatic rings. The van der Waals surface area contributed by atoms with Crippen molar-refractivity contribution in [1.82, 2.24) is 0 Å². The summed E-state index contributed by atoms with van der Waals surface area (Å²) < 4.78 is 0. The standard InChI is InChI=1S/C6H11NO2.ClH/c1-2-5(7)3-4-6(8)9;/h2,5H,1,3-4,7H2,(H,8,9);1H. The molecule has 0 saturated heterocycles. The zero-order valence-electron chi connectivity index (χ0n) is 5.62. The van der Waals surface area contributed by atoms with Gasteiger partial charge in [0, 0.05) is 12.5 Å². The molecule has 0 radical (unpaired) electrons. The Kier molecular flexibility index (Phi) is 8.00. The zero-order valence-corrected chi connectivity index (χ0v) is 6.43. The second-order valence-electron chi connectivity index (χ2n) is 1.83. The molecule has 0 aromatic heterocycles. The minimum absolute atomic E-state index is 0. The van der Waals surface area contributed by atoms with Crippen LogP contribution in [0.25, 0.3) is 0 Å². The van der Waals surface area contributed by atoms with Crippen LogP contribution in [0.3, 0.4) is 0 Å². The summed E-state index contributed by atoms with van der Waals surface area (Å²) in [6, 6.07) is -0.180. The summed E-state index contributed by atoms with van der Waals surface area (Å²) in [6.07, 6.45) is 2.13. The Labute approximate surface area is 66.3 Å². The van der Waals surface area contributed by atoms with Gasteiger partial charge in [-0.2, -0.15) is 0 Å². The Balaban J connectivity index is 0. The van der Waals surface area contributed by atoms with Crippen LogP contribution < -0.4 is 5.73 Å². The van der Waals surface area contributed by atoms with Gasteiger partial charge in [-0.1, -0.05) is 6.08 Å². The van der Waals surface area contributed by atoms with E-state index in [2.05, 4.69) is 6.58 Å². The van der Waals surface area contributed by atoms with E-state index in [0.717, 1.165) is 0 Å². The lowest BCUT2D eigenvalue weighted by molar-refractivity contribution is -0.137. The number of aliphatic carboxylic acids is 1. The van der Waals surface area contributed by atoms with Crippen molar-refractivity contribution in [2.24, 2.45) is 5.73 Å². The van der Waals surface area contributed by atoms with Crippen molar-refractivity contribution in [3.8, 4) is 0 Å². The van der Waals surface area contributed by atoms with Crippen molar-refractivity contribution in [2.45, 2.75) is 18.9 Å². The molecule has 3 N–H and O–H groups in total. The number of nitrogens with two attached hydrogens (primary N) is 1. The lowest BCUT2D eigenvalue weighted by Gasteiger charge is -2.00. The molecule has 3 nitrogen and oxygen atoms in total. The zero-order chi connectivity index (χ0) is 7.28. The van der Waals surface area contributed by atoms with E-state index in [4.69, 9.17) is 10.8 Å². The van der Waals surface area contributed by atoms with Crippen LogP contribution in [-0.4, -0.2) is 17.1 Å². The highest BCUT2D eigenvalue weighted by molar-refractivity contribution is 5.85. The summed E-state index contributed by atoms with van der Waals surface area (Å²) in [5, 5.41) is 8.17. The summed E-state index contributed by atoms with van der Waals surface area (Å²) in [4.78, 5) is 9.93. The third kappa shape index (κ3) is 7.46. The average Bonchev–Trinajstić information content (AvgIpc) is 1.83. The Morgan fingerprint density at radius 3 is 2.60 bits per heavy atom. The smallest absolute Gasteiger partial charge is 0.303 e. The second-order valence-corrected chi connectivity index (χ2v) is 1.83. The minimum atomic E-state index is -0.813. The van der Waals surface area contributed by atoms with Gasteiger partial charge in [0.2, 0.25) is 0 Å². The van der Waals surface area contributed by atoms with Gasteiger partial charge in [0.05, 0.1) is 0 Å². The monoisotopic (exact) mass is 165 g/mol. The maximum absolute atomic E-state index is 9.93. The number of rotatable bonds is 4. The van der Waals surface area contributed by atoms with Crippen LogP contribution >= 0.6 is 12.4 Å². The Bertz CT molecular complexity index is 116. The predicted molar refractivity (Wildman–Crippen MR) is 42.3 cm³/mol. The van der Waals surface area contributed by atoms with Gasteiger partial charge in [-0.3, -0.25) is 4.79 Å². The van der Waals surface area contributed by atoms with E-state index in [-0.39, 0.29) is 24.9 Å². The van der Waals surface area contributed by atoms with Crippen molar-refractivity contribution in [3.63, 3.8) is 0 Å². The highest BCUT2D eigenvalue weighted by Crippen LogP contribution is 1.93. The van der Waals surface area contributed by atoms with Gasteiger partial charge in [-0.15, -0.1) is 19.0 Å². The molecule has 0 aliphatic heterocycles. The van der Waals surface area contributed by atoms with Gasteiger partial charge in [0.1, 0.15) is 0 Å². The number of hydrogen-bond donors (Lipinski definition) is 2. The summed E-state index contributed by atoms with van der Waals surface area (Å²) >= 11 is 0. The summed E-state index contributed by atoms with van der Waals surface area (Å²) in [5.74, 6) is -0.813. The lowest BCUT2D eigenvalue weighted by atomic mass is 10.2. The molecule has 0 spiro atoms. The highest BCUT2D eigenvalue weighted by atomic mass is 35.5. The second kappa shape index (κ2) is 6.58. The molecule has 0 aliphatic carbocycles. The molecule has 0 heterocycles. The maximum atomic E-state index is 9.93. The van der Waals surface area contributed by atoms with E-state index in [1.54, 1.807) is 6.08 Å². The van der Waals surface area contributed by atoms with Crippen LogP contribution in [0, 0.1) is 0 Å². The number of halogens is 1. The summed E-state index contributed by atoms with van der Waals surface area (Å²) in [6.45, 7) is 3.42. The van der Waals surface area contributed by atoms with Crippen LogP contribution in [0.5, 0.6) is 0 Å². The molecule has 4 heteroatoms. The number of hydrogen-bond acceptors (Lipinski definition) is 2. The van der Waals surface area contributed by atoms with Crippen LogP contribution in [-0.2, 0) is 4.79 Å². The first-order valence-electron chi connectivity index (χ1n) is 2.76. The van der Waals surface area contributed by atoms with Gasteiger partial charge in [-0.25, -0.2) is 0 Å². The van der Waals surface area contributed by atoms with Crippen molar-refractivity contribution in [3.05, 3.63) is 12.7 Å². The van der Waals surface area contributed by atoms with Gasteiger partial charge in [-0.05, 0) is 6.42 Å². The van der Waals surface area contributed by atoms with E-state index < -0.39 is 5.97 Å². The molecule has 1 unspecified atom stereocenters. The first-order valence-corrected chi connectivity index (χ1v) is 2.76. The molecule has 1 atom stereocenters. The SMILES string of the molecule is C=CC(N)CCC(=O)O.Cl. The van der Waals surface area contributed by atoms with Crippen molar-refractivity contribution in [1.29, 1.82) is 0 Å². The third-order valence-corrected chi connectivity index (χ3v) is 0.994. The normalized spacial score (nSPS) is 11.3. The quantitative estimate of drug-likeness (QED) is 0.606. The van der Waals surface area contributed by atoms with E-state index in [1.165, 1.54) is 0 Å². The van der Waals surface area contributed by atoms with Gasteiger partial charge < -0.3 is 10.8 Å². The van der Waals surface area contributed by atoms with Gasteiger partial charge in [0.25, 0.3) is 0 Å². The fraction of sp³-hybridized carbons (Fsp3) is 0.500. The molecule has 60 valence electrons. The number of carboxylic acids is 1. The first-order chi connectivity index (χ1) is 4.16. The maximum Gasteiger partial charge on any atom is 0.303 e. The van der Waals surface area contributed by atoms with Crippen LogP contribution in [0.1, 0.15) is 12.8 Å². The molecule has 0 aliphatic rings. The molecule has 0 amide bonds. The fourth-order valence-corrected chi connectivity index (χ4v) is 0.408. The topological polar surface area (TPSA) is 63.3 Å². The summed E-state index contributed by atoms with van der Waals surface area (Å²) in [7, 11) is 0. The molecular weight excluding hydrogens is 154 g/mol. The van der Waals surface area contributed by atoms with Gasteiger partial charge >= 0.3 is 5.97 Å². The number of carbonyl (C=O) groups is 1. The van der Waals surface area contributed by atoms with E-state index in [1.807, 2.05) is 0 Å².